The van der Waals surface area contributed by atoms with Gasteiger partial charge in [0.25, 0.3) is 0 Å². The standard InChI is InChI=1S/C6H8FN3S/c1-2-3-9-5(8)4(7)6(11)10-3/h2H2,1H3,(H3,8,9,10,11). The Balaban J connectivity index is 3.21. The third kappa shape index (κ3) is 1.59. The molecule has 60 valence electrons. The first-order chi connectivity index (χ1) is 5.15. The van der Waals surface area contributed by atoms with Crippen molar-refractivity contribution in [1.29, 1.82) is 0 Å². The maximum Gasteiger partial charge on any atom is 0.197 e. The summed E-state index contributed by atoms with van der Waals surface area (Å²) in [5.74, 6) is -0.277. The van der Waals surface area contributed by atoms with Crippen molar-refractivity contribution >= 4 is 18.4 Å². The number of halogens is 1. The van der Waals surface area contributed by atoms with Crippen LogP contribution in [0.3, 0.4) is 0 Å². The van der Waals surface area contributed by atoms with Gasteiger partial charge in [0.1, 0.15) is 10.9 Å². The molecule has 3 nitrogen and oxygen atoms in total. The number of aryl methyl sites for hydroxylation is 1. The number of anilines is 1. The minimum Gasteiger partial charge on any atom is -0.381 e. The topological polar surface area (TPSA) is 51.8 Å². The van der Waals surface area contributed by atoms with Crippen molar-refractivity contribution in [3.8, 4) is 0 Å². The molecule has 0 aromatic carbocycles. The fraction of sp³-hybridized carbons (Fsp3) is 0.333. The lowest BCUT2D eigenvalue weighted by molar-refractivity contribution is 0.580. The highest BCUT2D eigenvalue weighted by atomic mass is 32.1. The van der Waals surface area contributed by atoms with Crippen LogP contribution in [0, 0.1) is 5.82 Å². The number of hydrogen-bond acceptors (Lipinski definition) is 4. The molecule has 5 heteroatoms. The molecule has 2 N–H and O–H groups in total. The Morgan fingerprint density at radius 3 is 2.64 bits per heavy atom. The van der Waals surface area contributed by atoms with Gasteiger partial charge in [-0.25, -0.2) is 9.97 Å². The summed E-state index contributed by atoms with van der Waals surface area (Å²) in [7, 11) is 0. The number of nitrogens with zero attached hydrogens (tertiary/aromatic N) is 2. The maximum atomic E-state index is 12.7. The van der Waals surface area contributed by atoms with E-state index < -0.39 is 5.82 Å². The van der Waals surface area contributed by atoms with E-state index in [4.69, 9.17) is 5.73 Å². The third-order valence-electron chi connectivity index (χ3n) is 1.22. The molecule has 0 bridgehead atoms. The molecule has 0 aliphatic heterocycles. The Labute approximate surface area is 69.3 Å². The Morgan fingerprint density at radius 1 is 1.55 bits per heavy atom. The lowest BCUT2D eigenvalue weighted by Gasteiger charge is -2.00. The second-order valence-corrected chi connectivity index (χ2v) is 2.44. The summed E-state index contributed by atoms with van der Waals surface area (Å²) in [4.78, 5) is 7.44. The number of nitrogen functional groups attached to an aromatic ring is 1. The Kier molecular flexibility index (Phi) is 2.28. The molecular weight excluding hydrogens is 165 g/mol. The molecule has 1 aromatic heterocycles. The normalized spacial score (nSPS) is 10.1. The lowest BCUT2D eigenvalue weighted by Crippen LogP contribution is -2.03. The van der Waals surface area contributed by atoms with Crippen LogP contribution >= 0.6 is 12.6 Å². The maximum absolute atomic E-state index is 12.7. The molecule has 1 aromatic rings. The van der Waals surface area contributed by atoms with Crippen LogP contribution in [0.4, 0.5) is 10.2 Å². The van der Waals surface area contributed by atoms with E-state index in [1.54, 1.807) is 0 Å². The van der Waals surface area contributed by atoms with Crippen molar-refractivity contribution in [2.45, 2.75) is 18.4 Å². The van der Waals surface area contributed by atoms with E-state index in [-0.39, 0.29) is 10.8 Å². The van der Waals surface area contributed by atoms with Crippen LogP contribution in [0.1, 0.15) is 12.7 Å². The van der Waals surface area contributed by atoms with Gasteiger partial charge in [-0.15, -0.1) is 12.6 Å². The molecule has 0 amide bonds. The van der Waals surface area contributed by atoms with E-state index >= 15 is 0 Å². The van der Waals surface area contributed by atoms with Gasteiger partial charge in [-0.2, -0.15) is 4.39 Å². The predicted octanol–water partition coefficient (Wildman–Crippen LogP) is 1.05. The van der Waals surface area contributed by atoms with E-state index in [9.17, 15) is 4.39 Å². The van der Waals surface area contributed by atoms with Crippen LogP contribution in [0.5, 0.6) is 0 Å². The van der Waals surface area contributed by atoms with E-state index in [0.717, 1.165) is 0 Å². The quantitative estimate of drug-likeness (QED) is 0.493. The first-order valence-corrected chi connectivity index (χ1v) is 3.60. The smallest absolute Gasteiger partial charge is 0.197 e. The third-order valence-corrected chi connectivity index (χ3v) is 1.52. The van der Waals surface area contributed by atoms with Crippen molar-refractivity contribution < 1.29 is 4.39 Å². The van der Waals surface area contributed by atoms with E-state index in [0.29, 0.717) is 12.2 Å². The summed E-state index contributed by atoms with van der Waals surface area (Å²) in [6.07, 6.45) is 0.623. The van der Waals surface area contributed by atoms with Crippen molar-refractivity contribution in [3.63, 3.8) is 0 Å². The van der Waals surface area contributed by atoms with Crippen molar-refractivity contribution in [2.24, 2.45) is 0 Å². The van der Waals surface area contributed by atoms with Crippen LogP contribution in [0.25, 0.3) is 0 Å². The molecule has 0 aliphatic rings. The number of hydrogen-bond donors (Lipinski definition) is 2. The summed E-state index contributed by atoms with van der Waals surface area (Å²) >= 11 is 3.79. The number of rotatable bonds is 1. The van der Waals surface area contributed by atoms with Crippen LogP contribution in [0.15, 0.2) is 5.03 Å². The molecule has 1 heterocycles. The molecule has 0 aliphatic carbocycles. The van der Waals surface area contributed by atoms with Gasteiger partial charge < -0.3 is 5.73 Å². The van der Waals surface area contributed by atoms with Crippen molar-refractivity contribution in [2.75, 3.05) is 5.73 Å². The Bertz CT molecular complexity index is 254. The average molecular weight is 173 g/mol. The molecule has 0 fully saturated rings. The molecule has 0 unspecified atom stereocenters. The van der Waals surface area contributed by atoms with Gasteiger partial charge >= 0.3 is 0 Å². The molecular formula is C6H8FN3S. The van der Waals surface area contributed by atoms with Crippen molar-refractivity contribution in [1.82, 2.24) is 9.97 Å². The highest BCUT2D eigenvalue weighted by Crippen LogP contribution is 2.14. The molecule has 1 rings (SSSR count). The van der Waals surface area contributed by atoms with Crippen LogP contribution in [-0.4, -0.2) is 9.97 Å². The fourth-order valence-electron chi connectivity index (χ4n) is 0.657. The average Bonchev–Trinajstić information content (AvgIpc) is 1.99. The van der Waals surface area contributed by atoms with Gasteiger partial charge in [0.2, 0.25) is 0 Å². The lowest BCUT2D eigenvalue weighted by atomic mass is 10.4. The van der Waals surface area contributed by atoms with Gasteiger partial charge in [-0.05, 0) is 0 Å². The van der Waals surface area contributed by atoms with Crippen molar-refractivity contribution in [3.05, 3.63) is 11.6 Å². The first-order valence-electron chi connectivity index (χ1n) is 3.16. The molecule has 11 heavy (non-hydrogen) atoms. The molecule has 0 spiro atoms. The Hall–Kier alpha value is -0.840. The molecule has 0 radical (unpaired) electrons. The zero-order chi connectivity index (χ0) is 8.43. The highest BCUT2D eigenvalue weighted by molar-refractivity contribution is 7.80. The van der Waals surface area contributed by atoms with Crippen LogP contribution in [0.2, 0.25) is 0 Å². The molecule has 0 saturated heterocycles. The minimum atomic E-state index is -0.648. The number of nitrogens with two attached hydrogens (primary N) is 1. The second kappa shape index (κ2) is 3.04. The summed E-state index contributed by atoms with van der Waals surface area (Å²) in [6.45, 7) is 1.86. The molecule has 0 atom stereocenters. The predicted molar refractivity (Wildman–Crippen MR) is 43.0 cm³/mol. The van der Waals surface area contributed by atoms with Crippen LogP contribution in [-0.2, 0) is 6.42 Å². The van der Waals surface area contributed by atoms with E-state index in [2.05, 4.69) is 22.6 Å². The number of thiol groups is 1. The molecule has 0 saturated carbocycles. The fourth-order valence-corrected chi connectivity index (χ4v) is 0.887. The Morgan fingerprint density at radius 2 is 2.18 bits per heavy atom. The zero-order valence-electron chi connectivity index (χ0n) is 6.00. The van der Waals surface area contributed by atoms with Gasteiger partial charge in [0, 0.05) is 6.42 Å². The van der Waals surface area contributed by atoms with E-state index in [1.165, 1.54) is 0 Å². The zero-order valence-corrected chi connectivity index (χ0v) is 6.90. The van der Waals surface area contributed by atoms with Gasteiger partial charge in [-0.1, -0.05) is 6.92 Å². The summed E-state index contributed by atoms with van der Waals surface area (Å²) in [6, 6.07) is 0. The van der Waals surface area contributed by atoms with E-state index in [1.807, 2.05) is 6.92 Å². The van der Waals surface area contributed by atoms with Gasteiger partial charge in [0.15, 0.2) is 11.6 Å². The summed E-state index contributed by atoms with van der Waals surface area (Å²) in [5.41, 5.74) is 5.22. The number of aromatic nitrogens is 2. The van der Waals surface area contributed by atoms with Gasteiger partial charge in [-0.3, -0.25) is 0 Å². The minimum absolute atomic E-state index is 0.00866. The first kappa shape index (κ1) is 8.26. The summed E-state index contributed by atoms with van der Waals surface area (Å²) < 4.78 is 12.7. The van der Waals surface area contributed by atoms with Gasteiger partial charge in [0.05, 0.1) is 0 Å². The summed E-state index contributed by atoms with van der Waals surface area (Å²) in [5, 5.41) is 0.00866. The monoisotopic (exact) mass is 173 g/mol. The SMILES string of the molecule is CCc1nc(N)c(F)c(S)n1. The second-order valence-electron chi connectivity index (χ2n) is 2.02. The highest BCUT2D eigenvalue weighted by Gasteiger charge is 2.06. The largest absolute Gasteiger partial charge is 0.381 e. The van der Waals surface area contributed by atoms with Crippen LogP contribution < -0.4 is 5.73 Å².